The van der Waals surface area contributed by atoms with E-state index in [0.29, 0.717) is 23.6 Å². The van der Waals surface area contributed by atoms with Crippen LogP contribution in [0.1, 0.15) is 10.4 Å². The highest BCUT2D eigenvalue weighted by Crippen LogP contribution is 2.25. The van der Waals surface area contributed by atoms with E-state index in [1.54, 1.807) is 42.7 Å². The molecule has 1 N–H and O–H groups in total. The molecule has 0 radical (unpaired) electrons. The lowest BCUT2D eigenvalue weighted by Crippen LogP contribution is -2.27. The van der Waals surface area contributed by atoms with Crippen LogP contribution in [0.25, 0.3) is 6.08 Å². The molecular formula is C18H19NO5S. The zero-order valence-electron chi connectivity index (χ0n) is 14.0. The lowest BCUT2D eigenvalue weighted by atomic mass is 10.1. The Hall–Kier alpha value is -2.80. The van der Waals surface area contributed by atoms with Crippen molar-refractivity contribution in [2.75, 3.05) is 20.8 Å². The third-order valence-corrected chi connectivity index (χ3v) is 4.10. The largest absolute Gasteiger partial charge is 0.497 e. The van der Waals surface area contributed by atoms with Crippen molar-refractivity contribution in [2.24, 2.45) is 0 Å². The molecule has 0 saturated carbocycles. The molecule has 1 heterocycles. The number of hydrogen-bond acceptors (Lipinski definition) is 6. The van der Waals surface area contributed by atoms with Crippen LogP contribution < -0.4 is 14.8 Å². The maximum Gasteiger partial charge on any atom is 0.331 e. The lowest BCUT2D eigenvalue weighted by molar-refractivity contribution is -0.143. The normalized spacial score (nSPS) is 10.5. The van der Waals surface area contributed by atoms with E-state index in [2.05, 4.69) is 5.32 Å². The van der Waals surface area contributed by atoms with Gasteiger partial charge in [0, 0.05) is 16.5 Å². The van der Waals surface area contributed by atoms with Crippen molar-refractivity contribution in [3.05, 3.63) is 52.2 Å². The molecular weight excluding hydrogens is 342 g/mol. The zero-order valence-corrected chi connectivity index (χ0v) is 14.8. The monoisotopic (exact) mass is 361 g/mol. The minimum atomic E-state index is -0.615. The second-order valence-electron chi connectivity index (χ2n) is 4.91. The standard InChI is InChI=1S/C18H19NO5S/c1-22-14-6-7-16(23-2)13(10-14)5-8-18(21)24-12-17(20)19-11-15-4-3-9-25-15/h3-10H,11-12H2,1-2H3,(H,19,20)/b8-5+. The minimum Gasteiger partial charge on any atom is -0.497 e. The summed E-state index contributed by atoms with van der Waals surface area (Å²) in [5.41, 5.74) is 0.668. The number of ether oxygens (including phenoxy) is 3. The van der Waals surface area contributed by atoms with Gasteiger partial charge in [-0.1, -0.05) is 6.07 Å². The van der Waals surface area contributed by atoms with Gasteiger partial charge < -0.3 is 19.5 Å². The van der Waals surface area contributed by atoms with Crippen molar-refractivity contribution in [3.63, 3.8) is 0 Å². The van der Waals surface area contributed by atoms with Gasteiger partial charge in [0.25, 0.3) is 5.91 Å². The molecule has 6 nitrogen and oxygen atoms in total. The summed E-state index contributed by atoms with van der Waals surface area (Å²) in [6.45, 7) is 0.0920. The van der Waals surface area contributed by atoms with Crippen LogP contribution in [0.5, 0.6) is 11.5 Å². The highest BCUT2D eigenvalue weighted by Gasteiger charge is 2.07. The third-order valence-electron chi connectivity index (χ3n) is 3.22. The van der Waals surface area contributed by atoms with Crippen LogP contribution >= 0.6 is 11.3 Å². The number of carbonyl (C=O) groups excluding carboxylic acids is 2. The van der Waals surface area contributed by atoms with E-state index in [4.69, 9.17) is 14.2 Å². The zero-order chi connectivity index (χ0) is 18.1. The van der Waals surface area contributed by atoms with E-state index >= 15 is 0 Å². The number of benzene rings is 1. The summed E-state index contributed by atoms with van der Waals surface area (Å²) < 4.78 is 15.3. The third kappa shape index (κ3) is 5.96. The Morgan fingerprint density at radius 1 is 1.20 bits per heavy atom. The van der Waals surface area contributed by atoms with Crippen molar-refractivity contribution < 1.29 is 23.8 Å². The molecule has 0 fully saturated rings. The van der Waals surface area contributed by atoms with Crippen molar-refractivity contribution >= 4 is 29.3 Å². The number of esters is 1. The van der Waals surface area contributed by atoms with Gasteiger partial charge in [-0.2, -0.15) is 0 Å². The number of rotatable bonds is 8. The number of methoxy groups -OCH3 is 2. The molecule has 7 heteroatoms. The molecule has 25 heavy (non-hydrogen) atoms. The Morgan fingerprint density at radius 2 is 2.04 bits per heavy atom. The Morgan fingerprint density at radius 3 is 2.72 bits per heavy atom. The number of carbonyl (C=O) groups is 2. The lowest BCUT2D eigenvalue weighted by Gasteiger charge is -2.07. The fourth-order valence-electron chi connectivity index (χ4n) is 1.96. The van der Waals surface area contributed by atoms with E-state index in [1.807, 2.05) is 17.5 Å². The van der Waals surface area contributed by atoms with Gasteiger partial charge in [0.2, 0.25) is 0 Å². The Bertz CT molecular complexity index is 740. The Balaban J connectivity index is 1.83. The molecule has 1 aromatic carbocycles. The summed E-state index contributed by atoms with van der Waals surface area (Å²) in [6.07, 6.45) is 2.79. The molecule has 2 aromatic rings. The first-order valence-electron chi connectivity index (χ1n) is 7.48. The molecule has 0 unspecified atom stereocenters. The predicted molar refractivity (Wildman–Crippen MR) is 95.7 cm³/mol. The molecule has 2 rings (SSSR count). The fraction of sp³-hybridized carbons (Fsp3) is 0.222. The van der Waals surface area contributed by atoms with E-state index in [0.717, 1.165) is 4.88 Å². The Kier molecular flexibility index (Phi) is 7.03. The molecule has 1 aromatic heterocycles. The van der Waals surface area contributed by atoms with E-state index in [9.17, 15) is 9.59 Å². The first kappa shape index (κ1) is 18.5. The average molecular weight is 361 g/mol. The van der Waals surface area contributed by atoms with Crippen molar-refractivity contribution in [1.29, 1.82) is 0 Å². The first-order chi connectivity index (χ1) is 12.1. The second kappa shape index (κ2) is 9.48. The van der Waals surface area contributed by atoms with Crippen molar-refractivity contribution in [2.45, 2.75) is 6.54 Å². The molecule has 0 bridgehead atoms. The van der Waals surface area contributed by atoms with Crippen LogP contribution in [-0.2, 0) is 20.9 Å². The van der Waals surface area contributed by atoms with Crippen LogP contribution in [0, 0.1) is 0 Å². The van der Waals surface area contributed by atoms with Gasteiger partial charge in [-0.25, -0.2) is 4.79 Å². The van der Waals surface area contributed by atoms with E-state index < -0.39 is 5.97 Å². The average Bonchev–Trinajstić information content (AvgIpc) is 3.16. The number of thiophene rings is 1. The van der Waals surface area contributed by atoms with E-state index in [1.165, 1.54) is 13.2 Å². The summed E-state index contributed by atoms with van der Waals surface area (Å²) in [6, 6.07) is 9.05. The summed E-state index contributed by atoms with van der Waals surface area (Å²) in [4.78, 5) is 24.4. The second-order valence-corrected chi connectivity index (χ2v) is 5.94. The quantitative estimate of drug-likeness (QED) is 0.578. The van der Waals surface area contributed by atoms with Gasteiger partial charge in [-0.3, -0.25) is 4.79 Å². The van der Waals surface area contributed by atoms with Crippen molar-refractivity contribution in [3.8, 4) is 11.5 Å². The first-order valence-corrected chi connectivity index (χ1v) is 8.36. The maximum atomic E-state index is 11.7. The van der Waals surface area contributed by atoms with Gasteiger partial charge in [0.1, 0.15) is 11.5 Å². The molecule has 0 aliphatic carbocycles. The van der Waals surface area contributed by atoms with Crippen LogP contribution in [0.15, 0.2) is 41.8 Å². The number of nitrogens with one attached hydrogen (secondary N) is 1. The molecule has 1 amide bonds. The molecule has 0 saturated heterocycles. The molecule has 0 aliphatic rings. The molecule has 132 valence electrons. The van der Waals surface area contributed by atoms with Crippen LogP contribution in [0.2, 0.25) is 0 Å². The number of amides is 1. The van der Waals surface area contributed by atoms with Crippen molar-refractivity contribution in [1.82, 2.24) is 5.32 Å². The maximum absolute atomic E-state index is 11.7. The topological polar surface area (TPSA) is 73.9 Å². The number of hydrogen-bond donors (Lipinski definition) is 1. The summed E-state index contributed by atoms with van der Waals surface area (Å²) in [5.74, 6) is 0.269. The summed E-state index contributed by atoms with van der Waals surface area (Å²) >= 11 is 1.55. The van der Waals surface area contributed by atoms with Gasteiger partial charge in [0.05, 0.1) is 20.8 Å². The minimum absolute atomic E-state index is 0.330. The molecule has 0 atom stereocenters. The van der Waals surface area contributed by atoms with Gasteiger partial charge in [-0.15, -0.1) is 11.3 Å². The van der Waals surface area contributed by atoms with Crippen LogP contribution in [-0.4, -0.2) is 32.7 Å². The van der Waals surface area contributed by atoms with Gasteiger partial charge >= 0.3 is 5.97 Å². The highest BCUT2D eigenvalue weighted by atomic mass is 32.1. The SMILES string of the molecule is COc1ccc(OC)c(/C=C/C(=O)OCC(=O)NCc2cccs2)c1. The Labute approximate surface area is 150 Å². The predicted octanol–water partition coefficient (Wildman–Crippen LogP) is 2.64. The smallest absolute Gasteiger partial charge is 0.331 e. The van der Waals surface area contributed by atoms with E-state index in [-0.39, 0.29) is 12.5 Å². The van der Waals surface area contributed by atoms with Gasteiger partial charge in [-0.05, 0) is 35.7 Å². The van der Waals surface area contributed by atoms with Gasteiger partial charge in [0.15, 0.2) is 6.61 Å². The molecule has 0 aliphatic heterocycles. The highest BCUT2D eigenvalue weighted by molar-refractivity contribution is 7.09. The molecule has 0 spiro atoms. The van der Waals surface area contributed by atoms with Crippen LogP contribution in [0.4, 0.5) is 0 Å². The fourth-order valence-corrected chi connectivity index (χ4v) is 2.61. The summed E-state index contributed by atoms with van der Waals surface area (Å²) in [7, 11) is 3.09. The summed E-state index contributed by atoms with van der Waals surface area (Å²) in [5, 5.41) is 4.61. The van der Waals surface area contributed by atoms with Crippen LogP contribution in [0.3, 0.4) is 0 Å².